The maximum Gasteiger partial charge on any atom is 0.244 e. The van der Waals surface area contributed by atoms with E-state index in [1.165, 1.54) is 11.0 Å². The minimum atomic E-state index is 0.0318. The molecule has 1 aromatic heterocycles. The summed E-state index contributed by atoms with van der Waals surface area (Å²) in [6.07, 6.45) is 3.63. The van der Waals surface area contributed by atoms with Crippen molar-refractivity contribution in [1.82, 2.24) is 19.7 Å². The Hall–Kier alpha value is -1.63. The summed E-state index contributed by atoms with van der Waals surface area (Å²) in [5, 5.41) is 3.91. The van der Waals surface area contributed by atoms with Gasteiger partial charge < -0.3 is 15.4 Å². The first-order valence-corrected chi connectivity index (χ1v) is 6.23. The number of carbonyl (C=O) groups is 1. The van der Waals surface area contributed by atoms with Gasteiger partial charge in [0.2, 0.25) is 11.9 Å². The molecule has 1 aliphatic rings. The van der Waals surface area contributed by atoms with Gasteiger partial charge in [-0.15, -0.1) is 5.10 Å². The van der Waals surface area contributed by atoms with Crippen molar-refractivity contribution in [1.29, 1.82) is 0 Å². The molecule has 0 aliphatic carbocycles. The van der Waals surface area contributed by atoms with Crippen LogP contribution in [0, 0.1) is 0 Å². The lowest BCUT2D eigenvalue weighted by molar-refractivity contribution is -0.136. The van der Waals surface area contributed by atoms with Crippen molar-refractivity contribution in [2.24, 2.45) is 0 Å². The van der Waals surface area contributed by atoms with Crippen LogP contribution in [0.5, 0.6) is 0 Å². The van der Waals surface area contributed by atoms with Crippen LogP contribution in [0.2, 0.25) is 0 Å². The van der Waals surface area contributed by atoms with E-state index in [9.17, 15) is 4.79 Å². The van der Waals surface area contributed by atoms with Gasteiger partial charge in [-0.05, 0) is 19.8 Å². The van der Waals surface area contributed by atoms with E-state index in [0.717, 1.165) is 19.4 Å². The largest absolute Gasteiger partial charge is 0.377 e. The summed E-state index contributed by atoms with van der Waals surface area (Å²) in [5.41, 5.74) is 5.41. The third-order valence-corrected chi connectivity index (χ3v) is 2.98. The van der Waals surface area contributed by atoms with Gasteiger partial charge in [0, 0.05) is 19.7 Å². The zero-order valence-electron chi connectivity index (χ0n) is 10.6. The fourth-order valence-corrected chi connectivity index (χ4v) is 2.16. The molecule has 1 aromatic rings. The molecule has 2 N–H and O–H groups in total. The van der Waals surface area contributed by atoms with Crippen LogP contribution >= 0.6 is 0 Å². The highest BCUT2D eigenvalue weighted by Crippen LogP contribution is 2.13. The van der Waals surface area contributed by atoms with Crippen molar-refractivity contribution in [3.05, 3.63) is 6.33 Å². The maximum atomic E-state index is 12.1. The molecule has 0 aromatic carbocycles. The Morgan fingerprint density at radius 2 is 2.50 bits per heavy atom. The van der Waals surface area contributed by atoms with Gasteiger partial charge in [0.25, 0.3) is 0 Å². The number of carbonyl (C=O) groups excluding carboxylic acids is 1. The monoisotopic (exact) mass is 253 g/mol. The van der Waals surface area contributed by atoms with Crippen molar-refractivity contribution in [3.63, 3.8) is 0 Å². The van der Waals surface area contributed by atoms with E-state index in [0.29, 0.717) is 13.2 Å². The van der Waals surface area contributed by atoms with E-state index in [4.69, 9.17) is 10.5 Å². The molecular formula is C11H19N5O2. The number of anilines is 1. The fourth-order valence-electron chi connectivity index (χ4n) is 2.16. The maximum absolute atomic E-state index is 12.1. The van der Waals surface area contributed by atoms with Crippen LogP contribution in [0.1, 0.15) is 19.8 Å². The lowest BCUT2D eigenvalue weighted by Crippen LogP contribution is -2.44. The third-order valence-electron chi connectivity index (χ3n) is 2.98. The highest BCUT2D eigenvalue weighted by Gasteiger charge is 2.24. The minimum absolute atomic E-state index is 0.0318. The lowest BCUT2D eigenvalue weighted by atomic mass is 10.1. The molecule has 1 aliphatic heterocycles. The van der Waals surface area contributed by atoms with Gasteiger partial charge in [0.05, 0.1) is 6.10 Å². The summed E-state index contributed by atoms with van der Waals surface area (Å²) >= 11 is 0. The smallest absolute Gasteiger partial charge is 0.244 e. The van der Waals surface area contributed by atoms with Crippen LogP contribution in [-0.2, 0) is 16.1 Å². The number of amides is 1. The second kappa shape index (κ2) is 5.81. The number of piperidine rings is 1. The van der Waals surface area contributed by atoms with Crippen molar-refractivity contribution in [3.8, 4) is 0 Å². The molecule has 1 amide bonds. The Morgan fingerprint density at radius 1 is 1.67 bits per heavy atom. The number of rotatable bonds is 4. The van der Waals surface area contributed by atoms with Crippen molar-refractivity contribution in [2.45, 2.75) is 32.4 Å². The van der Waals surface area contributed by atoms with Gasteiger partial charge in [-0.3, -0.25) is 4.79 Å². The van der Waals surface area contributed by atoms with Gasteiger partial charge in [0.15, 0.2) is 0 Å². The number of ether oxygens (including phenoxy) is 1. The Labute approximate surface area is 106 Å². The SMILES string of the molecule is CCOC1CCCN(C(=O)Cn2cnc(N)n2)C1. The summed E-state index contributed by atoms with van der Waals surface area (Å²) in [4.78, 5) is 17.7. The minimum Gasteiger partial charge on any atom is -0.377 e. The second-order valence-corrected chi connectivity index (χ2v) is 4.36. The molecule has 1 unspecified atom stereocenters. The molecule has 1 atom stereocenters. The van der Waals surface area contributed by atoms with Gasteiger partial charge in [-0.2, -0.15) is 0 Å². The first-order chi connectivity index (χ1) is 8.69. The highest BCUT2D eigenvalue weighted by molar-refractivity contribution is 5.76. The lowest BCUT2D eigenvalue weighted by Gasteiger charge is -2.32. The average Bonchev–Trinajstić information content (AvgIpc) is 2.75. The average molecular weight is 253 g/mol. The summed E-state index contributed by atoms with van der Waals surface area (Å²) < 4.78 is 7.03. The standard InChI is InChI=1S/C11H19N5O2/c1-2-18-9-4-3-5-15(6-9)10(17)7-16-8-13-11(12)14-16/h8-9H,2-7H2,1H3,(H2,12,14). The number of nitrogen functional groups attached to an aromatic ring is 1. The molecule has 100 valence electrons. The number of hydrogen-bond donors (Lipinski definition) is 1. The van der Waals surface area contributed by atoms with Crippen molar-refractivity contribution in [2.75, 3.05) is 25.4 Å². The molecule has 1 fully saturated rings. The van der Waals surface area contributed by atoms with Crippen LogP contribution in [0.15, 0.2) is 6.33 Å². The highest BCUT2D eigenvalue weighted by atomic mass is 16.5. The first kappa shape index (κ1) is 12.8. The van der Waals surface area contributed by atoms with Crippen molar-refractivity contribution >= 4 is 11.9 Å². The van der Waals surface area contributed by atoms with Gasteiger partial charge >= 0.3 is 0 Å². The van der Waals surface area contributed by atoms with Gasteiger partial charge in [-0.1, -0.05) is 0 Å². The van der Waals surface area contributed by atoms with Crippen LogP contribution in [-0.4, -0.2) is 51.4 Å². The molecule has 0 spiro atoms. The van der Waals surface area contributed by atoms with E-state index in [2.05, 4.69) is 10.1 Å². The molecule has 2 heterocycles. The molecule has 0 bridgehead atoms. The quantitative estimate of drug-likeness (QED) is 0.809. The first-order valence-electron chi connectivity index (χ1n) is 6.23. The Bertz CT molecular complexity index is 404. The van der Waals surface area contributed by atoms with E-state index >= 15 is 0 Å². The number of nitrogens with zero attached hydrogens (tertiary/aromatic N) is 4. The van der Waals surface area contributed by atoms with E-state index < -0.39 is 0 Å². The predicted octanol–water partition coefficient (Wildman–Crippen LogP) is -0.112. The van der Waals surface area contributed by atoms with E-state index in [1.54, 1.807) is 0 Å². The summed E-state index contributed by atoms with van der Waals surface area (Å²) in [6.45, 7) is 4.29. The molecular weight excluding hydrogens is 234 g/mol. The fraction of sp³-hybridized carbons (Fsp3) is 0.727. The number of hydrogen-bond acceptors (Lipinski definition) is 5. The van der Waals surface area contributed by atoms with E-state index in [1.807, 2.05) is 11.8 Å². The summed E-state index contributed by atoms with van der Waals surface area (Å²) in [6, 6.07) is 0. The molecule has 0 radical (unpaired) electrons. The van der Waals surface area contributed by atoms with Crippen molar-refractivity contribution < 1.29 is 9.53 Å². The normalized spacial score (nSPS) is 20.1. The molecule has 7 heteroatoms. The van der Waals surface area contributed by atoms with Crippen LogP contribution in [0.3, 0.4) is 0 Å². The Balaban J connectivity index is 1.88. The zero-order valence-corrected chi connectivity index (χ0v) is 10.6. The molecule has 0 saturated carbocycles. The second-order valence-electron chi connectivity index (χ2n) is 4.36. The number of aromatic nitrogens is 3. The van der Waals surface area contributed by atoms with Crippen LogP contribution in [0.25, 0.3) is 0 Å². The number of likely N-dealkylation sites (tertiary alicyclic amines) is 1. The Morgan fingerprint density at radius 3 is 3.17 bits per heavy atom. The van der Waals surface area contributed by atoms with Gasteiger partial charge in [-0.25, -0.2) is 9.67 Å². The van der Waals surface area contributed by atoms with E-state index in [-0.39, 0.29) is 24.5 Å². The predicted molar refractivity (Wildman–Crippen MR) is 65.7 cm³/mol. The summed E-state index contributed by atoms with van der Waals surface area (Å²) in [7, 11) is 0. The molecule has 1 saturated heterocycles. The van der Waals surface area contributed by atoms with Gasteiger partial charge in [0.1, 0.15) is 12.9 Å². The topological polar surface area (TPSA) is 86.3 Å². The molecule has 7 nitrogen and oxygen atoms in total. The zero-order chi connectivity index (χ0) is 13.0. The van der Waals surface area contributed by atoms with Crippen LogP contribution in [0.4, 0.5) is 5.95 Å². The van der Waals surface area contributed by atoms with Crippen LogP contribution < -0.4 is 5.73 Å². The number of nitrogens with two attached hydrogens (primary N) is 1. The third kappa shape index (κ3) is 3.19. The molecule has 18 heavy (non-hydrogen) atoms. The Kier molecular flexibility index (Phi) is 4.14. The molecule has 2 rings (SSSR count). The summed E-state index contributed by atoms with van der Waals surface area (Å²) in [5.74, 6) is 0.220.